The van der Waals surface area contributed by atoms with Gasteiger partial charge in [0.15, 0.2) is 0 Å². The number of hydrogen-bond acceptors (Lipinski definition) is 3. The Labute approximate surface area is 175 Å². The van der Waals surface area contributed by atoms with Gasteiger partial charge in [0.05, 0.1) is 15.6 Å². The molecule has 0 unspecified atom stereocenters. The van der Waals surface area contributed by atoms with Crippen molar-refractivity contribution in [3.05, 3.63) is 87.0 Å². The molecule has 0 aromatic heterocycles. The highest BCUT2D eigenvalue weighted by atomic mass is 127. The largest absolute Gasteiger partial charge is 0.322 e. The lowest BCUT2D eigenvalue weighted by Crippen LogP contribution is -2.14. The van der Waals surface area contributed by atoms with Gasteiger partial charge in [-0.3, -0.25) is 9.52 Å². The Kier molecular flexibility index (Phi) is 6.03. The zero-order valence-electron chi connectivity index (χ0n) is 13.8. The van der Waals surface area contributed by atoms with Gasteiger partial charge in [0.25, 0.3) is 15.9 Å². The molecule has 3 aromatic carbocycles. The fourth-order valence-electron chi connectivity index (χ4n) is 2.28. The predicted molar refractivity (Wildman–Crippen MR) is 116 cm³/mol. The first-order valence-electron chi connectivity index (χ1n) is 7.79. The van der Waals surface area contributed by atoms with E-state index >= 15 is 0 Å². The summed E-state index contributed by atoms with van der Waals surface area (Å²) in [5, 5.41) is 2.90. The average molecular weight is 513 g/mol. The van der Waals surface area contributed by atoms with Gasteiger partial charge in [0.2, 0.25) is 0 Å². The molecule has 2 N–H and O–H groups in total. The lowest BCUT2D eigenvalue weighted by atomic mass is 10.2. The van der Waals surface area contributed by atoms with Crippen molar-refractivity contribution in [1.82, 2.24) is 0 Å². The summed E-state index contributed by atoms with van der Waals surface area (Å²) in [7, 11) is -3.76. The third-order valence-corrected chi connectivity index (χ3v) is 6.04. The molecule has 0 radical (unpaired) electrons. The third kappa shape index (κ3) is 5.00. The number of carbonyl (C=O) groups excluding carboxylic acids is 1. The first-order valence-corrected chi connectivity index (χ1v) is 10.7. The van der Waals surface area contributed by atoms with Crippen LogP contribution in [0.25, 0.3) is 0 Å². The van der Waals surface area contributed by atoms with Crippen LogP contribution >= 0.6 is 34.2 Å². The van der Waals surface area contributed by atoms with Gasteiger partial charge in [0, 0.05) is 14.8 Å². The molecule has 0 aliphatic rings. The summed E-state index contributed by atoms with van der Waals surface area (Å²) in [6, 6.07) is 19.7. The van der Waals surface area contributed by atoms with Crippen LogP contribution in [0.2, 0.25) is 5.02 Å². The molecule has 0 saturated heterocycles. The van der Waals surface area contributed by atoms with E-state index in [-0.39, 0.29) is 21.5 Å². The van der Waals surface area contributed by atoms with Crippen LogP contribution in [0.1, 0.15) is 10.4 Å². The molecule has 8 heteroatoms. The standard InChI is InChI=1S/C19H14ClIN2O3S/c20-17-12-13(19(24)22-15-9-7-14(21)8-10-15)6-11-18(17)23-27(25,26)16-4-2-1-3-5-16/h1-12,23H,(H,22,24). The summed E-state index contributed by atoms with van der Waals surface area (Å²) in [5.74, 6) is -0.337. The van der Waals surface area contributed by atoms with Crippen LogP contribution in [0, 0.1) is 3.57 Å². The van der Waals surface area contributed by atoms with E-state index < -0.39 is 10.0 Å². The summed E-state index contributed by atoms with van der Waals surface area (Å²) >= 11 is 8.36. The number of carbonyl (C=O) groups is 1. The fourth-order valence-corrected chi connectivity index (χ4v) is 4.02. The number of sulfonamides is 1. The van der Waals surface area contributed by atoms with Crippen LogP contribution < -0.4 is 10.0 Å². The van der Waals surface area contributed by atoms with Crippen molar-refractivity contribution in [3.63, 3.8) is 0 Å². The third-order valence-electron chi connectivity index (χ3n) is 3.63. The van der Waals surface area contributed by atoms with E-state index in [0.717, 1.165) is 3.57 Å². The molecule has 1 amide bonds. The summed E-state index contributed by atoms with van der Waals surface area (Å²) in [6.07, 6.45) is 0. The van der Waals surface area contributed by atoms with E-state index in [4.69, 9.17) is 11.6 Å². The van der Waals surface area contributed by atoms with Gasteiger partial charge in [-0.2, -0.15) is 0 Å². The van der Waals surface area contributed by atoms with Crippen molar-refractivity contribution < 1.29 is 13.2 Å². The van der Waals surface area contributed by atoms with Crippen LogP contribution in [-0.4, -0.2) is 14.3 Å². The number of anilines is 2. The molecule has 0 saturated carbocycles. The predicted octanol–water partition coefficient (Wildman–Crippen LogP) is 5.00. The van der Waals surface area contributed by atoms with Gasteiger partial charge < -0.3 is 5.32 Å². The summed E-state index contributed by atoms with van der Waals surface area (Å²) < 4.78 is 28.3. The average Bonchev–Trinajstić information content (AvgIpc) is 2.66. The maximum absolute atomic E-state index is 12.4. The number of hydrogen-bond donors (Lipinski definition) is 2. The minimum absolute atomic E-state index is 0.126. The Morgan fingerprint density at radius 2 is 1.59 bits per heavy atom. The SMILES string of the molecule is O=C(Nc1ccc(I)cc1)c1ccc(NS(=O)(=O)c2ccccc2)c(Cl)c1. The minimum Gasteiger partial charge on any atom is -0.322 e. The van der Waals surface area contributed by atoms with Crippen LogP contribution in [0.15, 0.2) is 77.7 Å². The van der Waals surface area contributed by atoms with Gasteiger partial charge >= 0.3 is 0 Å². The van der Waals surface area contributed by atoms with Crippen LogP contribution in [0.4, 0.5) is 11.4 Å². The highest BCUT2D eigenvalue weighted by Crippen LogP contribution is 2.26. The highest BCUT2D eigenvalue weighted by Gasteiger charge is 2.16. The number of benzene rings is 3. The molecular weight excluding hydrogens is 499 g/mol. The lowest BCUT2D eigenvalue weighted by Gasteiger charge is -2.11. The fraction of sp³-hybridized carbons (Fsp3) is 0. The Morgan fingerprint density at radius 3 is 2.22 bits per heavy atom. The number of amides is 1. The van der Waals surface area contributed by atoms with E-state index in [0.29, 0.717) is 11.3 Å². The van der Waals surface area contributed by atoms with Crippen molar-refractivity contribution in [2.24, 2.45) is 0 Å². The van der Waals surface area contributed by atoms with Crippen molar-refractivity contribution in [2.75, 3.05) is 10.0 Å². The lowest BCUT2D eigenvalue weighted by molar-refractivity contribution is 0.102. The first kappa shape index (κ1) is 19.7. The second-order valence-corrected chi connectivity index (χ2v) is 8.91. The molecular formula is C19H14ClIN2O3S. The number of nitrogens with one attached hydrogen (secondary N) is 2. The molecule has 0 aliphatic heterocycles. The quantitative estimate of drug-likeness (QED) is 0.473. The molecule has 0 heterocycles. The van der Waals surface area contributed by atoms with Gasteiger partial charge in [-0.15, -0.1) is 0 Å². The normalized spacial score (nSPS) is 11.0. The topological polar surface area (TPSA) is 75.3 Å². The Bertz CT molecular complexity index is 1070. The van der Waals surface area contributed by atoms with Crippen molar-refractivity contribution >= 4 is 61.5 Å². The zero-order chi connectivity index (χ0) is 19.4. The molecule has 5 nitrogen and oxygen atoms in total. The number of rotatable bonds is 5. The zero-order valence-corrected chi connectivity index (χ0v) is 17.5. The molecule has 0 spiro atoms. The van der Waals surface area contributed by atoms with Crippen molar-refractivity contribution in [3.8, 4) is 0 Å². The molecule has 3 aromatic rings. The van der Waals surface area contributed by atoms with E-state index in [1.54, 1.807) is 30.3 Å². The summed E-state index contributed by atoms with van der Waals surface area (Å²) in [6.45, 7) is 0. The van der Waals surface area contributed by atoms with E-state index in [1.165, 1.54) is 30.3 Å². The first-order chi connectivity index (χ1) is 12.8. The minimum atomic E-state index is -3.76. The Morgan fingerprint density at radius 1 is 0.926 bits per heavy atom. The molecule has 0 bridgehead atoms. The Balaban J connectivity index is 1.77. The summed E-state index contributed by atoms with van der Waals surface area (Å²) in [5.41, 5.74) is 1.18. The molecule has 3 rings (SSSR count). The van der Waals surface area contributed by atoms with Crippen LogP contribution in [0.3, 0.4) is 0 Å². The Hall–Kier alpha value is -2.10. The second-order valence-electron chi connectivity index (χ2n) is 5.57. The number of halogens is 2. The molecule has 0 aliphatic carbocycles. The summed E-state index contributed by atoms with van der Waals surface area (Å²) in [4.78, 5) is 12.5. The van der Waals surface area contributed by atoms with E-state index in [9.17, 15) is 13.2 Å². The molecule has 0 atom stereocenters. The van der Waals surface area contributed by atoms with Crippen LogP contribution in [-0.2, 0) is 10.0 Å². The van der Waals surface area contributed by atoms with E-state index in [2.05, 4.69) is 32.6 Å². The maximum Gasteiger partial charge on any atom is 0.261 e. The van der Waals surface area contributed by atoms with Crippen molar-refractivity contribution in [2.45, 2.75) is 4.90 Å². The van der Waals surface area contributed by atoms with E-state index in [1.807, 2.05) is 12.1 Å². The van der Waals surface area contributed by atoms with Gasteiger partial charge in [0.1, 0.15) is 0 Å². The second kappa shape index (κ2) is 8.28. The van der Waals surface area contributed by atoms with Gasteiger partial charge in [-0.25, -0.2) is 8.42 Å². The van der Waals surface area contributed by atoms with Gasteiger partial charge in [-0.1, -0.05) is 29.8 Å². The van der Waals surface area contributed by atoms with Crippen molar-refractivity contribution in [1.29, 1.82) is 0 Å². The smallest absolute Gasteiger partial charge is 0.261 e. The highest BCUT2D eigenvalue weighted by molar-refractivity contribution is 14.1. The monoisotopic (exact) mass is 512 g/mol. The van der Waals surface area contributed by atoms with Gasteiger partial charge in [-0.05, 0) is 77.2 Å². The van der Waals surface area contributed by atoms with Crippen LogP contribution in [0.5, 0.6) is 0 Å². The molecule has 27 heavy (non-hydrogen) atoms. The molecule has 138 valence electrons. The maximum atomic E-state index is 12.4. The molecule has 0 fully saturated rings.